The summed E-state index contributed by atoms with van der Waals surface area (Å²) < 4.78 is 1.19. The average molecular weight is 367 g/mol. The summed E-state index contributed by atoms with van der Waals surface area (Å²) in [5.41, 5.74) is 1.51. The summed E-state index contributed by atoms with van der Waals surface area (Å²) in [5, 5.41) is 21.6. The summed E-state index contributed by atoms with van der Waals surface area (Å²) >= 11 is 0. The Kier molecular flexibility index (Phi) is 4.64. The molecule has 0 saturated carbocycles. The molecule has 0 aliphatic carbocycles. The van der Waals surface area contributed by atoms with Gasteiger partial charge < -0.3 is 20.1 Å². The van der Waals surface area contributed by atoms with Gasteiger partial charge in [0.15, 0.2) is 0 Å². The molecule has 0 bridgehead atoms. The van der Waals surface area contributed by atoms with E-state index < -0.39 is 35.3 Å². The first-order valence-electron chi connectivity index (χ1n) is 8.09. The normalized spacial score (nSPS) is 10.7. The van der Waals surface area contributed by atoms with Crippen LogP contribution in [0.5, 0.6) is 5.75 Å². The highest BCUT2D eigenvalue weighted by Gasteiger charge is 2.22. The van der Waals surface area contributed by atoms with E-state index in [1.54, 1.807) is 6.07 Å². The number of fused-ring (bicyclic) bond motifs is 1. The SMILES string of the molecule is Cc1ccccc1-c1cc2c(O)c(C(=O)NCC(=O)O)c(=O)n(C)c2cn1. The fourth-order valence-electron chi connectivity index (χ4n) is 2.87. The molecule has 0 aliphatic rings. The van der Waals surface area contributed by atoms with Gasteiger partial charge >= 0.3 is 5.97 Å². The Hall–Kier alpha value is -3.68. The molecule has 138 valence electrons. The Morgan fingerprint density at radius 3 is 2.63 bits per heavy atom. The van der Waals surface area contributed by atoms with Crippen molar-refractivity contribution in [1.29, 1.82) is 0 Å². The van der Waals surface area contributed by atoms with Crippen molar-refractivity contribution in [2.45, 2.75) is 6.92 Å². The number of carboxylic acid groups (broad SMARTS) is 1. The quantitative estimate of drug-likeness (QED) is 0.641. The van der Waals surface area contributed by atoms with Gasteiger partial charge in [-0.2, -0.15) is 0 Å². The molecule has 2 heterocycles. The number of hydrogen-bond donors (Lipinski definition) is 3. The number of aliphatic carboxylic acids is 1. The van der Waals surface area contributed by atoms with Gasteiger partial charge in [-0.25, -0.2) is 0 Å². The number of carboxylic acids is 1. The molecule has 1 amide bonds. The predicted octanol–water partition coefficient (Wildman–Crippen LogP) is 1.43. The van der Waals surface area contributed by atoms with E-state index in [1.165, 1.54) is 17.8 Å². The molecule has 2 aromatic heterocycles. The van der Waals surface area contributed by atoms with Gasteiger partial charge in [0, 0.05) is 18.0 Å². The summed E-state index contributed by atoms with van der Waals surface area (Å²) in [7, 11) is 1.45. The van der Waals surface area contributed by atoms with Crippen molar-refractivity contribution < 1.29 is 19.8 Å². The largest absolute Gasteiger partial charge is 0.506 e. The summed E-state index contributed by atoms with van der Waals surface area (Å²) in [4.78, 5) is 39.7. The van der Waals surface area contributed by atoms with Crippen molar-refractivity contribution >= 4 is 22.8 Å². The summed E-state index contributed by atoms with van der Waals surface area (Å²) in [6, 6.07) is 9.15. The average Bonchev–Trinajstić information content (AvgIpc) is 2.64. The molecule has 27 heavy (non-hydrogen) atoms. The van der Waals surface area contributed by atoms with Crippen molar-refractivity contribution in [3.8, 4) is 17.0 Å². The lowest BCUT2D eigenvalue weighted by atomic mass is 10.0. The third-order valence-corrected chi connectivity index (χ3v) is 4.30. The lowest BCUT2D eigenvalue weighted by Gasteiger charge is -2.13. The minimum Gasteiger partial charge on any atom is -0.506 e. The number of carbonyl (C=O) groups excluding carboxylic acids is 1. The number of aryl methyl sites for hydroxylation is 2. The molecule has 3 N–H and O–H groups in total. The molecule has 0 fully saturated rings. The van der Waals surface area contributed by atoms with Crippen LogP contribution in [0.15, 0.2) is 41.3 Å². The summed E-state index contributed by atoms with van der Waals surface area (Å²) in [5.74, 6) is -2.72. The van der Waals surface area contributed by atoms with E-state index >= 15 is 0 Å². The molecule has 8 heteroatoms. The fraction of sp³-hybridized carbons (Fsp3) is 0.158. The number of nitrogens with zero attached hydrogens (tertiary/aromatic N) is 2. The third kappa shape index (κ3) is 3.24. The highest BCUT2D eigenvalue weighted by Crippen LogP contribution is 2.30. The van der Waals surface area contributed by atoms with E-state index in [9.17, 15) is 19.5 Å². The second-order valence-corrected chi connectivity index (χ2v) is 6.07. The molecular formula is C19H17N3O5. The summed E-state index contributed by atoms with van der Waals surface area (Å²) in [6.45, 7) is 1.26. The van der Waals surface area contributed by atoms with Gasteiger partial charge in [0.1, 0.15) is 17.9 Å². The van der Waals surface area contributed by atoms with E-state index in [0.717, 1.165) is 11.1 Å². The number of amides is 1. The first-order chi connectivity index (χ1) is 12.8. The maximum atomic E-state index is 12.5. The lowest BCUT2D eigenvalue weighted by Crippen LogP contribution is -2.35. The van der Waals surface area contributed by atoms with Gasteiger partial charge in [-0.1, -0.05) is 24.3 Å². The number of nitrogens with one attached hydrogen (secondary N) is 1. The van der Waals surface area contributed by atoms with Crippen LogP contribution < -0.4 is 10.9 Å². The zero-order valence-electron chi connectivity index (χ0n) is 14.7. The van der Waals surface area contributed by atoms with E-state index in [1.807, 2.05) is 31.2 Å². The van der Waals surface area contributed by atoms with Crippen molar-refractivity contribution in [3.05, 3.63) is 58.0 Å². The third-order valence-electron chi connectivity index (χ3n) is 4.30. The number of hydrogen-bond acceptors (Lipinski definition) is 5. The molecule has 1 aromatic carbocycles. The number of rotatable bonds is 4. The van der Waals surface area contributed by atoms with Gasteiger partial charge in [0.25, 0.3) is 11.5 Å². The Labute approximate surface area is 153 Å². The van der Waals surface area contributed by atoms with Crippen molar-refractivity contribution in [1.82, 2.24) is 14.9 Å². The Bertz CT molecular complexity index is 1130. The Balaban J connectivity index is 2.22. The minimum absolute atomic E-state index is 0.269. The Morgan fingerprint density at radius 1 is 1.26 bits per heavy atom. The Morgan fingerprint density at radius 2 is 1.96 bits per heavy atom. The summed E-state index contributed by atoms with van der Waals surface area (Å²) in [6.07, 6.45) is 1.46. The highest BCUT2D eigenvalue weighted by molar-refractivity contribution is 6.03. The minimum atomic E-state index is -1.26. The molecule has 0 unspecified atom stereocenters. The number of pyridine rings is 2. The first-order valence-corrected chi connectivity index (χ1v) is 8.09. The number of aromatic hydroxyl groups is 1. The molecule has 0 radical (unpaired) electrons. The smallest absolute Gasteiger partial charge is 0.322 e. The number of benzene rings is 1. The van der Waals surface area contributed by atoms with Crippen LogP contribution in [-0.2, 0) is 11.8 Å². The van der Waals surface area contributed by atoms with Crippen LogP contribution >= 0.6 is 0 Å². The van der Waals surface area contributed by atoms with Crippen LogP contribution in [0.2, 0.25) is 0 Å². The van der Waals surface area contributed by atoms with Gasteiger partial charge in [-0.05, 0) is 18.6 Å². The van der Waals surface area contributed by atoms with Crippen LogP contribution in [0.4, 0.5) is 0 Å². The topological polar surface area (TPSA) is 122 Å². The maximum absolute atomic E-state index is 12.5. The van der Waals surface area contributed by atoms with Crippen molar-refractivity contribution in [2.24, 2.45) is 7.05 Å². The molecule has 0 saturated heterocycles. The molecule has 3 rings (SSSR count). The van der Waals surface area contributed by atoms with Crippen LogP contribution in [0, 0.1) is 6.92 Å². The van der Waals surface area contributed by atoms with E-state index in [-0.39, 0.29) is 5.39 Å². The molecule has 0 aliphatic heterocycles. The number of carbonyl (C=O) groups is 2. The maximum Gasteiger partial charge on any atom is 0.322 e. The lowest BCUT2D eigenvalue weighted by molar-refractivity contribution is -0.135. The van der Waals surface area contributed by atoms with Crippen molar-refractivity contribution in [2.75, 3.05) is 6.54 Å². The monoisotopic (exact) mass is 367 g/mol. The van der Waals surface area contributed by atoms with Crippen LogP contribution in [0.1, 0.15) is 15.9 Å². The van der Waals surface area contributed by atoms with Gasteiger partial charge in [-0.3, -0.25) is 19.4 Å². The standard InChI is InChI=1S/C19H17N3O5/c1-10-5-3-4-6-11(10)13-7-12-14(8-20-13)22(2)19(27)16(17(12)25)18(26)21-9-15(23)24/h3-8,25H,9H2,1-2H3,(H,21,26)(H,23,24). The first kappa shape index (κ1) is 18.1. The van der Waals surface area contributed by atoms with Gasteiger partial charge in [-0.15, -0.1) is 0 Å². The second kappa shape index (κ2) is 6.91. The molecule has 8 nitrogen and oxygen atoms in total. The van der Waals surface area contributed by atoms with E-state index in [2.05, 4.69) is 10.3 Å². The zero-order valence-corrected chi connectivity index (χ0v) is 14.7. The predicted molar refractivity (Wildman–Crippen MR) is 98.8 cm³/mol. The van der Waals surface area contributed by atoms with Gasteiger partial charge in [0.2, 0.25) is 0 Å². The molecule has 0 spiro atoms. The number of aromatic nitrogens is 2. The van der Waals surface area contributed by atoms with E-state index in [4.69, 9.17) is 5.11 Å². The van der Waals surface area contributed by atoms with Gasteiger partial charge in [0.05, 0.1) is 17.4 Å². The molecule has 0 atom stereocenters. The van der Waals surface area contributed by atoms with Crippen molar-refractivity contribution in [3.63, 3.8) is 0 Å². The van der Waals surface area contributed by atoms with Crippen LogP contribution in [-0.4, -0.2) is 38.2 Å². The zero-order chi connectivity index (χ0) is 19.7. The van der Waals surface area contributed by atoms with E-state index in [0.29, 0.717) is 11.2 Å². The van der Waals surface area contributed by atoms with Crippen LogP contribution in [0.25, 0.3) is 22.2 Å². The second-order valence-electron chi connectivity index (χ2n) is 6.07. The highest BCUT2D eigenvalue weighted by atomic mass is 16.4. The molecule has 3 aromatic rings. The fourth-order valence-corrected chi connectivity index (χ4v) is 2.87. The van der Waals surface area contributed by atoms with Crippen LogP contribution in [0.3, 0.4) is 0 Å². The molecular weight excluding hydrogens is 350 g/mol.